The number of carbonyl (C=O) groups is 1. The molecule has 0 amide bonds. The number of ether oxygens (including phenoxy) is 1. The van der Waals surface area contributed by atoms with Crippen LogP contribution in [0.25, 0.3) is 0 Å². The van der Waals surface area contributed by atoms with Gasteiger partial charge in [0.05, 0.1) is 19.6 Å². The zero-order valence-electron chi connectivity index (χ0n) is 11.8. The highest BCUT2D eigenvalue weighted by Crippen LogP contribution is 2.10. The Kier molecular flexibility index (Phi) is 9.45. The molecule has 0 bridgehead atoms. The maximum Gasteiger partial charge on any atom is 0.333 e. The van der Waals surface area contributed by atoms with Gasteiger partial charge in [-0.3, -0.25) is 0 Å². The number of hydrogen-bond donors (Lipinski definition) is 0. The van der Waals surface area contributed by atoms with Crippen molar-refractivity contribution in [2.75, 3.05) is 26.2 Å². The number of nitrogens with zero attached hydrogens (tertiary/aromatic N) is 1. The standard InChI is InChI=1S/C13H26NO2.ClH/c1-7-14(8-2,9-3)10-12(6)16-13(15)11(4)5;/h12H,4,7-10H2,1-3,5-6H3;1H/q+1;/p-1. The summed E-state index contributed by atoms with van der Waals surface area (Å²) >= 11 is 0. The number of halogens is 1. The Hall–Kier alpha value is -0.540. The van der Waals surface area contributed by atoms with Gasteiger partial charge in [0, 0.05) is 5.57 Å². The molecule has 0 aromatic heterocycles. The van der Waals surface area contributed by atoms with Crippen molar-refractivity contribution >= 4 is 5.97 Å². The highest BCUT2D eigenvalue weighted by Gasteiger charge is 2.25. The maximum absolute atomic E-state index is 11.4. The van der Waals surface area contributed by atoms with Gasteiger partial charge >= 0.3 is 5.97 Å². The predicted molar refractivity (Wildman–Crippen MR) is 67.1 cm³/mol. The Morgan fingerprint density at radius 2 is 1.65 bits per heavy atom. The number of rotatable bonds is 7. The average Bonchev–Trinajstić information content (AvgIpc) is 2.26. The van der Waals surface area contributed by atoms with Crippen molar-refractivity contribution in [3.05, 3.63) is 12.2 Å². The number of hydrogen-bond acceptors (Lipinski definition) is 2. The molecule has 0 saturated carbocycles. The molecule has 3 nitrogen and oxygen atoms in total. The molecule has 0 heterocycles. The lowest BCUT2D eigenvalue weighted by molar-refractivity contribution is -0.925. The van der Waals surface area contributed by atoms with Crippen molar-refractivity contribution in [2.45, 2.75) is 40.7 Å². The minimum atomic E-state index is -0.283. The lowest BCUT2D eigenvalue weighted by atomic mass is 10.2. The first-order chi connectivity index (χ1) is 7.40. The van der Waals surface area contributed by atoms with Crippen molar-refractivity contribution in [3.63, 3.8) is 0 Å². The molecule has 0 N–H and O–H groups in total. The highest BCUT2D eigenvalue weighted by molar-refractivity contribution is 5.87. The molecule has 0 fully saturated rings. The second kappa shape index (κ2) is 8.54. The van der Waals surface area contributed by atoms with Gasteiger partial charge in [0.2, 0.25) is 0 Å². The molecule has 0 spiro atoms. The summed E-state index contributed by atoms with van der Waals surface area (Å²) in [5, 5.41) is 0. The van der Waals surface area contributed by atoms with Crippen molar-refractivity contribution in [3.8, 4) is 0 Å². The lowest BCUT2D eigenvalue weighted by Crippen LogP contribution is -3.00. The maximum atomic E-state index is 11.4. The van der Waals surface area contributed by atoms with Crippen molar-refractivity contribution < 1.29 is 26.4 Å². The molecule has 17 heavy (non-hydrogen) atoms. The Morgan fingerprint density at radius 3 is 1.94 bits per heavy atom. The van der Waals surface area contributed by atoms with E-state index in [9.17, 15) is 4.79 Å². The third-order valence-electron chi connectivity index (χ3n) is 3.31. The summed E-state index contributed by atoms with van der Waals surface area (Å²) in [5.74, 6) is -0.283. The van der Waals surface area contributed by atoms with Crippen LogP contribution in [0, 0.1) is 0 Å². The normalized spacial score (nSPS) is 12.5. The summed E-state index contributed by atoms with van der Waals surface area (Å²) in [6.07, 6.45) is -0.0518. The second-order valence-electron chi connectivity index (χ2n) is 4.47. The number of likely N-dealkylation sites (N-methyl/N-ethyl adjacent to an activating group) is 1. The fraction of sp³-hybridized carbons (Fsp3) is 0.769. The van der Waals surface area contributed by atoms with E-state index in [-0.39, 0.29) is 24.5 Å². The van der Waals surface area contributed by atoms with E-state index in [0.29, 0.717) is 5.57 Å². The number of quaternary nitrogens is 1. The molecular formula is C13H26ClNO2. The van der Waals surface area contributed by atoms with E-state index in [2.05, 4.69) is 27.4 Å². The quantitative estimate of drug-likeness (QED) is 0.348. The SMILES string of the molecule is C=C(C)C(=O)OC(C)C[N+](CC)(CC)CC.[Cl-]. The molecule has 1 unspecified atom stereocenters. The third-order valence-corrected chi connectivity index (χ3v) is 3.31. The minimum Gasteiger partial charge on any atom is -1.00 e. The molecule has 0 rings (SSSR count). The Morgan fingerprint density at radius 1 is 1.24 bits per heavy atom. The molecule has 102 valence electrons. The van der Waals surface area contributed by atoms with Crippen LogP contribution in [0.15, 0.2) is 12.2 Å². The Labute approximate surface area is 112 Å². The van der Waals surface area contributed by atoms with Gasteiger partial charge in [-0.05, 0) is 34.6 Å². The topological polar surface area (TPSA) is 26.3 Å². The summed E-state index contributed by atoms with van der Waals surface area (Å²) in [6, 6.07) is 0. The molecule has 0 saturated heterocycles. The fourth-order valence-electron chi connectivity index (χ4n) is 1.92. The smallest absolute Gasteiger partial charge is 0.333 e. The molecular weight excluding hydrogens is 238 g/mol. The van der Waals surface area contributed by atoms with Crippen LogP contribution in [0.5, 0.6) is 0 Å². The van der Waals surface area contributed by atoms with Crippen LogP contribution < -0.4 is 12.4 Å². The van der Waals surface area contributed by atoms with Crippen LogP contribution in [0.2, 0.25) is 0 Å². The van der Waals surface area contributed by atoms with Crippen LogP contribution in [0.4, 0.5) is 0 Å². The van der Waals surface area contributed by atoms with Gasteiger partial charge in [-0.15, -0.1) is 0 Å². The van der Waals surface area contributed by atoms with E-state index < -0.39 is 0 Å². The molecule has 4 heteroatoms. The van der Waals surface area contributed by atoms with Gasteiger partial charge in [0.1, 0.15) is 12.6 Å². The zero-order valence-corrected chi connectivity index (χ0v) is 12.5. The van der Waals surface area contributed by atoms with Crippen molar-refractivity contribution in [2.24, 2.45) is 0 Å². The van der Waals surface area contributed by atoms with E-state index in [0.717, 1.165) is 30.7 Å². The Bertz CT molecular complexity index is 242. The average molecular weight is 264 g/mol. The molecule has 0 aromatic rings. The largest absolute Gasteiger partial charge is 1.00 e. The lowest BCUT2D eigenvalue weighted by Gasteiger charge is -2.37. The van der Waals surface area contributed by atoms with Crippen LogP contribution in [-0.2, 0) is 9.53 Å². The summed E-state index contributed by atoms with van der Waals surface area (Å²) in [4.78, 5) is 11.4. The van der Waals surface area contributed by atoms with E-state index in [4.69, 9.17) is 4.74 Å². The molecule has 1 atom stereocenters. The van der Waals surface area contributed by atoms with Crippen molar-refractivity contribution in [1.82, 2.24) is 0 Å². The number of carbonyl (C=O) groups excluding carboxylic acids is 1. The Balaban J connectivity index is 0. The molecule has 0 aromatic carbocycles. The van der Waals surface area contributed by atoms with Gasteiger partial charge < -0.3 is 21.6 Å². The van der Waals surface area contributed by atoms with E-state index in [1.54, 1.807) is 6.92 Å². The second-order valence-corrected chi connectivity index (χ2v) is 4.47. The predicted octanol–water partition coefficient (Wildman–Crippen LogP) is -0.625. The van der Waals surface area contributed by atoms with Gasteiger partial charge in [-0.1, -0.05) is 6.58 Å². The van der Waals surface area contributed by atoms with Crippen LogP contribution >= 0.6 is 0 Å². The molecule has 0 aliphatic heterocycles. The third kappa shape index (κ3) is 6.08. The summed E-state index contributed by atoms with van der Waals surface area (Å²) < 4.78 is 6.31. The van der Waals surface area contributed by atoms with Crippen LogP contribution in [0.1, 0.15) is 34.6 Å². The van der Waals surface area contributed by atoms with Crippen LogP contribution in [-0.4, -0.2) is 42.7 Å². The first kappa shape index (κ1) is 18.8. The highest BCUT2D eigenvalue weighted by atomic mass is 35.5. The number of esters is 1. The molecule has 0 aliphatic rings. The fourth-order valence-corrected chi connectivity index (χ4v) is 1.92. The summed E-state index contributed by atoms with van der Waals surface area (Å²) in [5.41, 5.74) is 0.467. The van der Waals surface area contributed by atoms with Gasteiger partial charge in [-0.2, -0.15) is 0 Å². The molecule has 0 aliphatic carbocycles. The van der Waals surface area contributed by atoms with Gasteiger partial charge in [-0.25, -0.2) is 4.79 Å². The molecule has 0 radical (unpaired) electrons. The minimum absolute atomic E-state index is 0. The summed E-state index contributed by atoms with van der Waals surface area (Å²) in [7, 11) is 0. The van der Waals surface area contributed by atoms with Gasteiger partial charge in [0.25, 0.3) is 0 Å². The van der Waals surface area contributed by atoms with Crippen molar-refractivity contribution in [1.29, 1.82) is 0 Å². The van der Waals surface area contributed by atoms with E-state index in [1.807, 2.05) is 6.92 Å². The monoisotopic (exact) mass is 263 g/mol. The summed E-state index contributed by atoms with van der Waals surface area (Å²) in [6.45, 7) is 17.9. The van der Waals surface area contributed by atoms with E-state index >= 15 is 0 Å². The van der Waals surface area contributed by atoms with Gasteiger partial charge in [0.15, 0.2) is 0 Å². The van der Waals surface area contributed by atoms with E-state index in [1.165, 1.54) is 0 Å². The first-order valence-corrected chi connectivity index (χ1v) is 6.12. The first-order valence-electron chi connectivity index (χ1n) is 6.12. The van der Waals surface area contributed by atoms with Crippen LogP contribution in [0.3, 0.4) is 0 Å². The zero-order chi connectivity index (χ0) is 12.8.